The molecule has 4 aliphatic carbocycles. The molecule has 3 fully saturated rings. The first kappa shape index (κ1) is 35.1. The van der Waals surface area contributed by atoms with Crippen molar-refractivity contribution in [2.24, 2.45) is 34.5 Å². The maximum atomic E-state index is 12.7. The van der Waals surface area contributed by atoms with Crippen molar-refractivity contribution >= 4 is 5.97 Å². The number of rotatable bonds is 20. The first-order chi connectivity index (χ1) is 20.9. The molecular formula is C41H72O2. The van der Waals surface area contributed by atoms with E-state index < -0.39 is 0 Å². The highest BCUT2D eigenvalue weighted by molar-refractivity contribution is 5.69. The van der Waals surface area contributed by atoms with E-state index in [1.807, 2.05) is 0 Å². The van der Waals surface area contributed by atoms with Gasteiger partial charge in [0.1, 0.15) is 6.10 Å². The molecule has 0 unspecified atom stereocenters. The summed E-state index contributed by atoms with van der Waals surface area (Å²) in [5.41, 5.74) is 2.59. The monoisotopic (exact) mass is 597 g/mol. The van der Waals surface area contributed by atoms with Crippen molar-refractivity contribution in [2.75, 3.05) is 0 Å². The van der Waals surface area contributed by atoms with Crippen LogP contribution in [0.25, 0.3) is 0 Å². The number of hydrogen-bond acceptors (Lipinski definition) is 2. The lowest BCUT2D eigenvalue weighted by Gasteiger charge is -2.58. The van der Waals surface area contributed by atoms with Crippen molar-refractivity contribution in [2.45, 2.75) is 207 Å². The molecule has 0 radical (unpaired) electrons. The number of ether oxygens (including phenoxy) is 1. The Labute approximate surface area is 268 Å². The second-order valence-corrected chi connectivity index (χ2v) is 16.3. The molecule has 0 saturated heterocycles. The zero-order chi connectivity index (χ0) is 30.5. The fraction of sp³-hybridized carbons (Fsp3) is 0.927. The molecule has 7 atom stereocenters. The summed E-state index contributed by atoms with van der Waals surface area (Å²) in [5, 5.41) is 0. The molecular weight excluding hydrogens is 524 g/mol. The smallest absolute Gasteiger partial charge is 0.306 e. The number of allylic oxidation sites excluding steroid dienone is 1. The summed E-state index contributed by atoms with van der Waals surface area (Å²) in [7, 11) is 0. The van der Waals surface area contributed by atoms with Crippen LogP contribution in [0.15, 0.2) is 11.6 Å². The molecule has 0 aromatic heterocycles. The lowest BCUT2D eigenvalue weighted by Crippen LogP contribution is -2.50. The molecule has 4 rings (SSSR count). The molecule has 2 nitrogen and oxygen atoms in total. The predicted molar refractivity (Wildman–Crippen MR) is 184 cm³/mol. The van der Waals surface area contributed by atoms with Crippen molar-refractivity contribution in [3.8, 4) is 0 Å². The van der Waals surface area contributed by atoms with Crippen LogP contribution in [-0.4, -0.2) is 12.1 Å². The molecule has 0 bridgehead atoms. The lowest BCUT2D eigenvalue weighted by molar-refractivity contribution is -0.151. The Morgan fingerprint density at radius 2 is 1.33 bits per heavy atom. The van der Waals surface area contributed by atoms with E-state index in [0.29, 0.717) is 17.3 Å². The highest BCUT2D eigenvalue weighted by Crippen LogP contribution is 2.66. The topological polar surface area (TPSA) is 26.3 Å². The summed E-state index contributed by atoms with van der Waals surface area (Å²) in [6, 6.07) is 0. The second kappa shape index (κ2) is 17.8. The number of unbranched alkanes of at least 4 members (excludes halogenated alkanes) is 15. The van der Waals surface area contributed by atoms with Crippen molar-refractivity contribution in [3.63, 3.8) is 0 Å². The summed E-state index contributed by atoms with van der Waals surface area (Å²) in [4.78, 5) is 12.7. The largest absolute Gasteiger partial charge is 0.462 e. The summed E-state index contributed by atoms with van der Waals surface area (Å²) in [5.74, 6) is 3.72. The quantitative estimate of drug-likeness (QED) is 0.0793. The Kier molecular flexibility index (Phi) is 14.5. The van der Waals surface area contributed by atoms with Gasteiger partial charge in [-0.2, -0.15) is 0 Å². The van der Waals surface area contributed by atoms with Gasteiger partial charge in [-0.05, 0) is 92.3 Å². The van der Waals surface area contributed by atoms with E-state index in [1.165, 1.54) is 148 Å². The average Bonchev–Trinajstić information content (AvgIpc) is 3.34. The zero-order valence-electron chi connectivity index (χ0n) is 29.4. The van der Waals surface area contributed by atoms with Crippen LogP contribution in [0.1, 0.15) is 201 Å². The zero-order valence-corrected chi connectivity index (χ0v) is 29.4. The van der Waals surface area contributed by atoms with Crippen LogP contribution in [0, 0.1) is 34.5 Å². The minimum Gasteiger partial charge on any atom is -0.462 e. The highest BCUT2D eigenvalue weighted by atomic mass is 16.5. The summed E-state index contributed by atoms with van der Waals surface area (Å²) in [6.07, 6.45) is 38.5. The van der Waals surface area contributed by atoms with Crippen LogP contribution in [0.5, 0.6) is 0 Å². The van der Waals surface area contributed by atoms with E-state index in [-0.39, 0.29) is 12.1 Å². The summed E-state index contributed by atoms with van der Waals surface area (Å²) >= 11 is 0. The highest BCUT2D eigenvalue weighted by Gasteiger charge is 2.58. The van der Waals surface area contributed by atoms with Crippen molar-refractivity contribution < 1.29 is 9.53 Å². The van der Waals surface area contributed by atoms with Crippen LogP contribution in [0.3, 0.4) is 0 Å². The van der Waals surface area contributed by atoms with Crippen molar-refractivity contribution in [3.05, 3.63) is 11.6 Å². The minimum absolute atomic E-state index is 0.0645. The maximum Gasteiger partial charge on any atom is 0.306 e. The van der Waals surface area contributed by atoms with Gasteiger partial charge in [0.25, 0.3) is 0 Å². The molecule has 0 N–H and O–H groups in total. The van der Waals surface area contributed by atoms with Crippen LogP contribution in [0.2, 0.25) is 0 Å². The fourth-order valence-corrected chi connectivity index (χ4v) is 10.7. The van der Waals surface area contributed by atoms with Crippen LogP contribution in [-0.2, 0) is 9.53 Å². The van der Waals surface area contributed by atoms with Gasteiger partial charge in [-0.25, -0.2) is 0 Å². The molecule has 0 aromatic rings. The second-order valence-electron chi connectivity index (χ2n) is 16.3. The van der Waals surface area contributed by atoms with Crippen LogP contribution < -0.4 is 0 Å². The van der Waals surface area contributed by atoms with Gasteiger partial charge in [0.15, 0.2) is 0 Å². The van der Waals surface area contributed by atoms with E-state index in [2.05, 4.69) is 33.8 Å². The fourth-order valence-electron chi connectivity index (χ4n) is 10.7. The van der Waals surface area contributed by atoms with Gasteiger partial charge in [0, 0.05) is 12.8 Å². The number of carbonyl (C=O) groups is 1. The molecule has 3 saturated carbocycles. The normalized spacial score (nSPS) is 33.4. The minimum atomic E-state index is 0.0645. The first-order valence-electron chi connectivity index (χ1n) is 19.8. The molecule has 0 heterocycles. The van der Waals surface area contributed by atoms with Gasteiger partial charge in [0.2, 0.25) is 0 Å². The van der Waals surface area contributed by atoms with E-state index in [9.17, 15) is 4.79 Å². The Morgan fingerprint density at radius 1 is 0.721 bits per heavy atom. The number of fused-ring (bicyclic) bond motifs is 5. The molecule has 0 aromatic carbocycles. The van der Waals surface area contributed by atoms with Gasteiger partial charge >= 0.3 is 5.97 Å². The van der Waals surface area contributed by atoms with Gasteiger partial charge in [-0.15, -0.1) is 0 Å². The average molecular weight is 597 g/mol. The van der Waals surface area contributed by atoms with Crippen LogP contribution in [0.4, 0.5) is 0 Å². The molecule has 4 aliphatic rings. The number of esters is 1. The summed E-state index contributed by atoms with van der Waals surface area (Å²) in [6.45, 7) is 9.91. The van der Waals surface area contributed by atoms with Gasteiger partial charge in [-0.1, -0.05) is 142 Å². The Balaban J connectivity index is 1.16. The Morgan fingerprint density at radius 3 is 1.98 bits per heavy atom. The van der Waals surface area contributed by atoms with E-state index in [0.717, 1.165) is 42.9 Å². The number of hydrogen-bond donors (Lipinski definition) is 0. The molecule has 0 amide bonds. The van der Waals surface area contributed by atoms with E-state index >= 15 is 0 Å². The summed E-state index contributed by atoms with van der Waals surface area (Å²) < 4.78 is 6.10. The maximum absolute atomic E-state index is 12.7. The van der Waals surface area contributed by atoms with E-state index in [1.54, 1.807) is 5.57 Å². The van der Waals surface area contributed by atoms with Crippen LogP contribution >= 0.6 is 0 Å². The molecule has 2 heteroatoms. The molecule has 43 heavy (non-hydrogen) atoms. The van der Waals surface area contributed by atoms with E-state index in [4.69, 9.17) is 4.74 Å². The third kappa shape index (κ3) is 9.37. The molecule has 248 valence electrons. The molecule has 0 spiro atoms. The van der Waals surface area contributed by atoms with Gasteiger partial charge < -0.3 is 4.74 Å². The predicted octanol–water partition coefficient (Wildman–Crippen LogP) is 12.9. The first-order valence-corrected chi connectivity index (χ1v) is 19.8. The van der Waals surface area contributed by atoms with Crippen molar-refractivity contribution in [1.82, 2.24) is 0 Å². The van der Waals surface area contributed by atoms with Gasteiger partial charge in [0.05, 0.1) is 0 Å². The lowest BCUT2D eigenvalue weighted by atomic mass is 9.47. The number of carbonyl (C=O) groups excluding carboxylic acids is 1. The SMILES string of the molecule is CCCCCCCCCCCCCC(=O)O[C@H]1CC[C@@]2(C)C(=CC[C@H]3[C@H]4CC[C@@H](CCCCCCCC)[C@@]4(C)CC[C@@H]32)C1. The standard InChI is InChI=1S/C41H72O2/c1-5-7-9-11-13-14-15-16-17-19-21-23-39(42)43-35-28-30-41(4)34(32-35)24-26-36-37-27-25-33(22-20-18-12-10-8-6-2)40(37,3)31-29-38(36)41/h24,33,35-38H,5-23,25-32H2,1-4H3/t33-,35+,36+,37-,38+,40-,41+/m1/s1. The third-order valence-electron chi connectivity index (χ3n) is 13.4. The molecule has 0 aliphatic heterocycles. The van der Waals surface area contributed by atoms with Gasteiger partial charge in [-0.3, -0.25) is 4.79 Å². The Bertz CT molecular complexity index is 845. The van der Waals surface area contributed by atoms with Crippen molar-refractivity contribution in [1.29, 1.82) is 0 Å². The Hall–Kier alpha value is -0.790. The third-order valence-corrected chi connectivity index (χ3v) is 13.4.